The first-order valence-electron chi connectivity index (χ1n) is 7.52. The standard InChI is InChI=1S/C15H19N5O3/c1-10-7-11(2)17-15(16-10)20-14(22)9-12(18-20)8-13(21)19-3-5-23-6-4-19/h7-8,18H,3-6,9H2,1-2H3/b12-8-. The van der Waals surface area contributed by atoms with Crippen molar-refractivity contribution in [3.8, 4) is 0 Å². The van der Waals surface area contributed by atoms with Gasteiger partial charge in [0.25, 0.3) is 11.9 Å². The molecule has 2 saturated heterocycles. The van der Waals surface area contributed by atoms with Crippen LogP contribution in [0.4, 0.5) is 5.95 Å². The molecule has 8 heteroatoms. The van der Waals surface area contributed by atoms with Gasteiger partial charge in [-0.2, -0.15) is 5.01 Å². The van der Waals surface area contributed by atoms with Gasteiger partial charge in [-0.1, -0.05) is 0 Å². The third-order valence-corrected chi connectivity index (χ3v) is 3.64. The Morgan fingerprint density at radius 2 is 1.91 bits per heavy atom. The first-order valence-corrected chi connectivity index (χ1v) is 7.52. The van der Waals surface area contributed by atoms with Gasteiger partial charge in [0.05, 0.1) is 19.6 Å². The fourth-order valence-corrected chi connectivity index (χ4v) is 2.56. The van der Waals surface area contributed by atoms with Gasteiger partial charge in [-0.3, -0.25) is 15.0 Å². The molecule has 0 bridgehead atoms. The topological polar surface area (TPSA) is 87.7 Å². The molecule has 1 N–H and O–H groups in total. The van der Waals surface area contributed by atoms with Crippen LogP contribution in [0.1, 0.15) is 17.8 Å². The van der Waals surface area contributed by atoms with Gasteiger partial charge < -0.3 is 9.64 Å². The van der Waals surface area contributed by atoms with E-state index in [1.54, 1.807) is 4.90 Å². The molecule has 23 heavy (non-hydrogen) atoms. The van der Waals surface area contributed by atoms with E-state index in [2.05, 4.69) is 15.4 Å². The molecule has 3 rings (SSSR count). The van der Waals surface area contributed by atoms with Crippen LogP contribution in [0, 0.1) is 13.8 Å². The molecule has 122 valence electrons. The maximum absolute atomic E-state index is 12.2. The van der Waals surface area contributed by atoms with Crippen LogP contribution in [0.2, 0.25) is 0 Å². The van der Waals surface area contributed by atoms with Crippen LogP contribution in [0.15, 0.2) is 17.8 Å². The lowest BCUT2D eigenvalue weighted by Crippen LogP contribution is -2.40. The van der Waals surface area contributed by atoms with E-state index in [0.717, 1.165) is 11.4 Å². The van der Waals surface area contributed by atoms with E-state index >= 15 is 0 Å². The van der Waals surface area contributed by atoms with Crippen molar-refractivity contribution in [2.24, 2.45) is 0 Å². The second kappa shape index (κ2) is 6.33. The number of hydrazine groups is 1. The number of aryl methyl sites for hydroxylation is 2. The summed E-state index contributed by atoms with van der Waals surface area (Å²) in [5.74, 6) is -0.00228. The molecular weight excluding hydrogens is 298 g/mol. The van der Waals surface area contributed by atoms with E-state index < -0.39 is 0 Å². The fraction of sp³-hybridized carbons (Fsp3) is 0.467. The average molecular weight is 317 g/mol. The van der Waals surface area contributed by atoms with Gasteiger partial charge in [-0.05, 0) is 19.9 Å². The number of carbonyl (C=O) groups is 2. The summed E-state index contributed by atoms with van der Waals surface area (Å²) in [5.41, 5.74) is 5.04. The molecule has 1 aromatic heterocycles. The number of aromatic nitrogens is 2. The van der Waals surface area contributed by atoms with Crippen molar-refractivity contribution in [1.82, 2.24) is 20.3 Å². The molecule has 0 radical (unpaired) electrons. The summed E-state index contributed by atoms with van der Waals surface area (Å²) >= 11 is 0. The van der Waals surface area contributed by atoms with E-state index in [4.69, 9.17) is 4.74 Å². The van der Waals surface area contributed by atoms with Crippen molar-refractivity contribution in [2.75, 3.05) is 31.3 Å². The molecule has 2 aliphatic rings. The minimum absolute atomic E-state index is 0.119. The largest absolute Gasteiger partial charge is 0.378 e. The summed E-state index contributed by atoms with van der Waals surface area (Å²) in [6, 6.07) is 1.84. The number of anilines is 1. The summed E-state index contributed by atoms with van der Waals surface area (Å²) in [6.45, 7) is 5.92. The number of morpholine rings is 1. The maximum atomic E-state index is 12.2. The summed E-state index contributed by atoms with van der Waals surface area (Å²) in [7, 11) is 0. The van der Waals surface area contributed by atoms with Crippen molar-refractivity contribution in [2.45, 2.75) is 20.3 Å². The van der Waals surface area contributed by atoms with E-state index in [9.17, 15) is 9.59 Å². The third-order valence-electron chi connectivity index (χ3n) is 3.64. The summed E-state index contributed by atoms with van der Waals surface area (Å²) in [4.78, 5) is 34.6. The minimum Gasteiger partial charge on any atom is -0.378 e. The molecule has 2 aliphatic heterocycles. The number of amides is 2. The van der Waals surface area contributed by atoms with Crippen LogP contribution in [-0.4, -0.2) is 53.0 Å². The molecular formula is C15H19N5O3. The maximum Gasteiger partial charge on any atom is 0.254 e. The molecule has 0 unspecified atom stereocenters. The monoisotopic (exact) mass is 317 g/mol. The van der Waals surface area contributed by atoms with Crippen LogP contribution in [0.5, 0.6) is 0 Å². The fourth-order valence-electron chi connectivity index (χ4n) is 2.56. The van der Waals surface area contributed by atoms with Crippen molar-refractivity contribution < 1.29 is 14.3 Å². The number of ether oxygens (including phenoxy) is 1. The number of nitrogens with one attached hydrogen (secondary N) is 1. The van der Waals surface area contributed by atoms with Crippen molar-refractivity contribution in [1.29, 1.82) is 0 Å². The van der Waals surface area contributed by atoms with Crippen molar-refractivity contribution in [3.63, 3.8) is 0 Å². The van der Waals surface area contributed by atoms with E-state index in [0.29, 0.717) is 37.9 Å². The molecule has 3 heterocycles. The Morgan fingerprint density at radius 1 is 1.26 bits per heavy atom. The Hall–Kier alpha value is -2.48. The molecule has 0 aliphatic carbocycles. The predicted molar refractivity (Wildman–Crippen MR) is 82.2 cm³/mol. The Bertz CT molecular complexity index is 647. The third kappa shape index (κ3) is 3.48. The molecule has 0 atom stereocenters. The van der Waals surface area contributed by atoms with Gasteiger partial charge >= 0.3 is 0 Å². The molecule has 0 spiro atoms. The summed E-state index contributed by atoms with van der Waals surface area (Å²) < 4.78 is 5.23. The number of hydrogen-bond donors (Lipinski definition) is 1. The minimum atomic E-state index is -0.184. The first-order chi connectivity index (χ1) is 11.0. The first kappa shape index (κ1) is 15.4. The van der Waals surface area contributed by atoms with Crippen molar-refractivity contribution in [3.05, 3.63) is 29.2 Å². The Morgan fingerprint density at radius 3 is 2.57 bits per heavy atom. The molecule has 2 amide bonds. The van der Waals surface area contributed by atoms with Crippen LogP contribution >= 0.6 is 0 Å². The van der Waals surface area contributed by atoms with Gasteiger partial charge in [-0.25, -0.2) is 9.97 Å². The highest BCUT2D eigenvalue weighted by Gasteiger charge is 2.29. The van der Waals surface area contributed by atoms with Gasteiger partial charge in [0, 0.05) is 36.3 Å². The molecule has 2 fully saturated rings. The van der Waals surface area contributed by atoms with Gasteiger partial charge in [0.15, 0.2) is 0 Å². The quantitative estimate of drug-likeness (QED) is 0.777. The second-order valence-electron chi connectivity index (χ2n) is 5.58. The zero-order valence-electron chi connectivity index (χ0n) is 13.2. The lowest BCUT2D eigenvalue weighted by molar-refractivity contribution is -0.130. The summed E-state index contributed by atoms with van der Waals surface area (Å²) in [5, 5.41) is 1.29. The normalized spacial score (nSPS) is 20.1. The summed E-state index contributed by atoms with van der Waals surface area (Å²) in [6.07, 6.45) is 1.60. The van der Waals surface area contributed by atoms with Gasteiger partial charge in [-0.15, -0.1) is 0 Å². The van der Waals surface area contributed by atoms with Crippen molar-refractivity contribution >= 4 is 17.8 Å². The number of hydrogen-bond acceptors (Lipinski definition) is 6. The Kier molecular flexibility index (Phi) is 4.24. The van der Waals surface area contributed by atoms with E-state index in [-0.39, 0.29) is 18.2 Å². The molecule has 8 nitrogen and oxygen atoms in total. The van der Waals surface area contributed by atoms with Crippen LogP contribution in [-0.2, 0) is 14.3 Å². The van der Waals surface area contributed by atoms with Gasteiger partial charge in [0.1, 0.15) is 0 Å². The second-order valence-corrected chi connectivity index (χ2v) is 5.58. The van der Waals surface area contributed by atoms with Gasteiger partial charge in [0.2, 0.25) is 5.91 Å². The van der Waals surface area contributed by atoms with Crippen LogP contribution in [0.3, 0.4) is 0 Å². The number of nitrogens with zero attached hydrogens (tertiary/aromatic N) is 4. The molecule has 0 saturated carbocycles. The Labute approximate surface area is 134 Å². The average Bonchev–Trinajstić information content (AvgIpc) is 2.87. The highest BCUT2D eigenvalue weighted by Crippen LogP contribution is 2.18. The zero-order chi connectivity index (χ0) is 16.4. The van der Waals surface area contributed by atoms with Crippen LogP contribution in [0.25, 0.3) is 0 Å². The SMILES string of the molecule is Cc1cc(C)nc(N2N/C(=C\C(=O)N3CCOCC3)CC2=O)n1. The highest BCUT2D eigenvalue weighted by molar-refractivity contribution is 5.97. The Balaban J connectivity index is 1.73. The predicted octanol–water partition coefficient (Wildman–Crippen LogP) is 0.0774. The van der Waals surface area contributed by atoms with E-state index in [1.807, 2.05) is 19.9 Å². The smallest absolute Gasteiger partial charge is 0.254 e. The lowest BCUT2D eigenvalue weighted by atomic mass is 10.3. The molecule has 0 aromatic carbocycles. The van der Waals surface area contributed by atoms with Crippen LogP contribution < -0.4 is 10.4 Å². The molecule has 1 aromatic rings. The number of carbonyl (C=O) groups excluding carboxylic acids is 2. The number of rotatable bonds is 2. The highest BCUT2D eigenvalue weighted by atomic mass is 16.5. The zero-order valence-corrected chi connectivity index (χ0v) is 13.2. The van der Waals surface area contributed by atoms with E-state index in [1.165, 1.54) is 11.1 Å². The lowest BCUT2D eigenvalue weighted by Gasteiger charge is -2.25.